The molecule has 0 bridgehead atoms. The smallest absolute Gasteiger partial charge is 0.124 e. The van der Waals surface area contributed by atoms with E-state index in [9.17, 15) is 4.21 Å². The lowest BCUT2D eigenvalue weighted by Crippen LogP contribution is -2.39. The van der Waals surface area contributed by atoms with Gasteiger partial charge >= 0.3 is 0 Å². The maximum absolute atomic E-state index is 11.3. The molecule has 2 rings (SSSR count). The van der Waals surface area contributed by atoms with Crippen molar-refractivity contribution in [3.8, 4) is 0 Å². The van der Waals surface area contributed by atoms with Crippen molar-refractivity contribution >= 4 is 33.7 Å². The van der Waals surface area contributed by atoms with Crippen LogP contribution in [0.4, 0.5) is 5.69 Å². The summed E-state index contributed by atoms with van der Waals surface area (Å²) in [7, 11) is -0.678. The Labute approximate surface area is 102 Å². The van der Waals surface area contributed by atoms with Crippen molar-refractivity contribution in [3.63, 3.8) is 0 Å². The van der Waals surface area contributed by atoms with Crippen LogP contribution in [0.2, 0.25) is 0 Å². The van der Waals surface area contributed by atoms with Crippen LogP contribution in [0.3, 0.4) is 0 Å². The molecule has 0 spiro atoms. The maximum atomic E-state index is 11.3. The first-order chi connectivity index (χ1) is 7.68. The molecular formula is C10H13N3OS2. The minimum atomic E-state index is -0.678. The molecule has 86 valence electrons. The van der Waals surface area contributed by atoms with Crippen LogP contribution >= 0.6 is 12.2 Å². The van der Waals surface area contributed by atoms with Crippen LogP contribution in [0, 0.1) is 0 Å². The minimum absolute atomic E-state index is 0.308. The summed E-state index contributed by atoms with van der Waals surface area (Å²) in [4.78, 5) is 6.64. The number of pyridine rings is 1. The van der Waals surface area contributed by atoms with E-state index in [4.69, 9.17) is 18.0 Å². The van der Waals surface area contributed by atoms with Crippen LogP contribution in [-0.4, -0.2) is 38.8 Å². The van der Waals surface area contributed by atoms with E-state index in [-0.39, 0.29) is 0 Å². The molecule has 1 aliphatic rings. The lowest BCUT2D eigenvalue weighted by atomic mass is 10.2. The first kappa shape index (κ1) is 11.5. The standard InChI is InChI=1S/C10H13N3OS2/c11-10(15)9-8(2-1-3-12-9)13-4-6-16(14)7-5-13/h1-3H,4-7H2,(H2,11,15). The minimum Gasteiger partial charge on any atom is -0.388 e. The van der Waals surface area contributed by atoms with Crippen molar-refractivity contribution in [1.29, 1.82) is 0 Å². The second-order valence-electron chi connectivity index (χ2n) is 3.57. The summed E-state index contributed by atoms with van der Waals surface area (Å²) in [6.45, 7) is 1.54. The molecule has 0 amide bonds. The van der Waals surface area contributed by atoms with Gasteiger partial charge in [0.05, 0.1) is 5.69 Å². The number of nitrogens with zero attached hydrogens (tertiary/aromatic N) is 2. The third kappa shape index (κ3) is 2.38. The van der Waals surface area contributed by atoms with E-state index in [1.807, 2.05) is 12.1 Å². The summed E-state index contributed by atoms with van der Waals surface area (Å²) < 4.78 is 11.3. The fourth-order valence-electron chi connectivity index (χ4n) is 1.72. The monoisotopic (exact) mass is 255 g/mol. The zero-order valence-electron chi connectivity index (χ0n) is 8.76. The lowest BCUT2D eigenvalue weighted by Gasteiger charge is -2.29. The summed E-state index contributed by atoms with van der Waals surface area (Å²) in [6.07, 6.45) is 1.68. The number of hydrogen-bond acceptors (Lipinski definition) is 4. The molecule has 16 heavy (non-hydrogen) atoms. The van der Waals surface area contributed by atoms with E-state index in [0.717, 1.165) is 18.8 Å². The van der Waals surface area contributed by atoms with Crippen molar-refractivity contribution in [2.75, 3.05) is 29.5 Å². The van der Waals surface area contributed by atoms with Crippen LogP contribution < -0.4 is 10.6 Å². The molecule has 1 fully saturated rings. The number of aromatic nitrogens is 1. The van der Waals surface area contributed by atoms with E-state index in [0.29, 0.717) is 22.2 Å². The highest BCUT2D eigenvalue weighted by Crippen LogP contribution is 2.19. The quantitative estimate of drug-likeness (QED) is 0.770. The zero-order valence-corrected chi connectivity index (χ0v) is 10.4. The van der Waals surface area contributed by atoms with Gasteiger partial charge in [-0.25, -0.2) is 0 Å². The molecule has 6 heteroatoms. The molecule has 1 saturated heterocycles. The normalized spacial score (nSPS) is 17.4. The van der Waals surface area contributed by atoms with Gasteiger partial charge in [0, 0.05) is 41.6 Å². The summed E-state index contributed by atoms with van der Waals surface area (Å²) in [6, 6.07) is 3.82. The Morgan fingerprint density at radius 2 is 2.19 bits per heavy atom. The number of nitrogens with two attached hydrogens (primary N) is 1. The predicted octanol–water partition coefficient (Wildman–Crippen LogP) is 0.284. The Morgan fingerprint density at radius 3 is 2.81 bits per heavy atom. The molecule has 0 radical (unpaired) electrons. The fraction of sp³-hybridized carbons (Fsp3) is 0.400. The molecule has 0 saturated carbocycles. The average molecular weight is 255 g/mol. The summed E-state index contributed by atoms with van der Waals surface area (Å²) >= 11 is 4.97. The van der Waals surface area contributed by atoms with Gasteiger partial charge in [-0.2, -0.15) is 0 Å². The molecule has 1 aromatic heterocycles. The number of anilines is 1. The van der Waals surface area contributed by atoms with Gasteiger partial charge in [0.25, 0.3) is 0 Å². The molecule has 0 atom stereocenters. The van der Waals surface area contributed by atoms with Crippen LogP contribution in [0.15, 0.2) is 18.3 Å². The second kappa shape index (κ2) is 4.88. The van der Waals surface area contributed by atoms with Gasteiger partial charge < -0.3 is 10.6 Å². The fourth-order valence-corrected chi connectivity index (χ4v) is 2.93. The van der Waals surface area contributed by atoms with E-state index in [1.54, 1.807) is 6.20 Å². The first-order valence-corrected chi connectivity index (χ1v) is 6.93. The van der Waals surface area contributed by atoms with E-state index in [1.165, 1.54) is 0 Å². The van der Waals surface area contributed by atoms with Gasteiger partial charge in [-0.3, -0.25) is 9.19 Å². The molecule has 0 aliphatic carbocycles. The summed E-state index contributed by atoms with van der Waals surface area (Å²) in [5.41, 5.74) is 7.24. The highest BCUT2D eigenvalue weighted by Gasteiger charge is 2.19. The lowest BCUT2D eigenvalue weighted by molar-refractivity contribution is 0.673. The topological polar surface area (TPSA) is 59.2 Å². The Balaban J connectivity index is 2.26. The van der Waals surface area contributed by atoms with Crippen molar-refractivity contribution < 1.29 is 4.21 Å². The summed E-state index contributed by atoms with van der Waals surface area (Å²) in [5, 5.41) is 0. The molecule has 0 aromatic carbocycles. The SMILES string of the molecule is NC(=S)c1ncccc1N1CCS(=O)CC1. The molecule has 1 aromatic rings. The maximum Gasteiger partial charge on any atom is 0.124 e. The average Bonchev–Trinajstić information content (AvgIpc) is 2.30. The van der Waals surface area contributed by atoms with Gasteiger partial charge in [-0.15, -0.1) is 0 Å². The van der Waals surface area contributed by atoms with E-state index >= 15 is 0 Å². The van der Waals surface area contributed by atoms with Crippen LogP contribution in [0.5, 0.6) is 0 Å². The second-order valence-corrected chi connectivity index (χ2v) is 5.71. The highest BCUT2D eigenvalue weighted by atomic mass is 32.2. The number of rotatable bonds is 2. The molecule has 4 nitrogen and oxygen atoms in total. The predicted molar refractivity (Wildman–Crippen MR) is 70.2 cm³/mol. The van der Waals surface area contributed by atoms with Crippen molar-refractivity contribution in [2.45, 2.75) is 0 Å². The molecule has 2 heterocycles. The van der Waals surface area contributed by atoms with Gasteiger partial charge in [0.2, 0.25) is 0 Å². The summed E-state index contributed by atoms with van der Waals surface area (Å²) in [5.74, 6) is 1.40. The Bertz CT molecular complexity index is 426. The van der Waals surface area contributed by atoms with E-state index < -0.39 is 10.8 Å². The van der Waals surface area contributed by atoms with Gasteiger partial charge in [-0.1, -0.05) is 12.2 Å². The third-order valence-electron chi connectivity index (χ3n) is 2.54. The van der Waals surface area contributed by atoms with Crippen molar-refractivity contribution in [3.05, 3.63) is 24.0 Å². The number of hydrogen-bond donors (Lipinski definition) is 1. The molecule has 2 N–H and O–H groups in total. The zero-order chi connectivity index (χ0) is 11.5. The molecular weight excluding hydrogens is 242 g/mol. The highest BCUT2D eigenvalue weighted by molar-refractivity contribution is 7.85. The Kier molecular flexibility index (Phi) is 3.50. The van der Waals surface area contributed by atoms with Crippen LogP contribution in [0.1, 0.15) is 5.69 Å². The van der Waals surface area contributed by atoms with Crippen LogP contribution in [-0.2, 0) is 10.8 Å². The van der Waals surface area contributed by atoms with Crippen LogP contribution in [0.25, 0.3) is 0 Å². The Morgan fingerprint density at radius 1 is 1.50 bits per heavy atom. The van der Waals surface area contributed by atoms with Gasteiger partial charge in [-0.05, 0) is 12.1 Å². The largest absolute Gasteiger partial charge is 0.388 e. The Hall–Kier alpha value is -1.01. The van der Waals surface area contributed by atoms with E-state index in [2.05, 4.69) is 9.88 Å². The molecule has 1 aliphatic heterocycles. The van der Waals surface area contributed by atoms with Gasteiger partial charge in [0.15, 0.2) is 0 Å². The van der Waals surface area contributed by atoms with Crippen molar-refractivity contribution in [2.24, 2.45) is 5.73 Å². The third-order valence-corrected chi connectivity index (χ3v) is 4.01. The van der Waals surface area contributed by atoms with Crippen molar-refractivity contribution in [1.82, 2.24) is 4.98 Å². The van der Waals surface area contributed by atoms with Gasteiger partial charge in [0.1, 0.15) is 10.7 Å². The molecule has 0 unspecified atom stereocenters. The number of thiocarbonyl (C=S) groups is 1. The first-order valence-electron chi connectivity index (χ1n) is 5.03.